The lowest BCUT2D eigenvalue weighted by molar-refractivity contribution is -0.146. The Morgan fingerprint density at radius 3 is 2.75 bits per heavy atom. The Bertz CT molecular complexity index is 427. The molecule has 1 aliphatic rings. The van der Waals surface area contributed by atoms with Gasteiger partial charge >= 0.3 is 5.97 Å². The van der Waals surface area contributed by atoms with Crippen molar-refractivity contribution in [2.75, 3.05) is 6.61 Å². The lowest BCUT2D eigenvalue weighted by atomic mass is 9.96. The largest absolute Gasteiger partial charge is 0.465 e. The van der Waals surface area contributed by atoms with E-state index in [0.29, 0.717) is 11.6 Å². The van der Waals surface area contributed by atoms with Crippen molar-refractivity contribution in [3.05, 3.63) is 33.3 Å². The van der Waals surface area contributed by atoms with Gasteiger partial charge in [-0.3, -0.25) is 4.79 Å². The number of benzene rings is 1. The maximum absolute atomic E-state index is 11.8. The van der Waals surface area contributed by atoms with E-state index in [-0.39, 0.29) is 5.97 Å². The minimum Gasteiger partial charge on any atom is -0.465 e. The van der Waals surface area contributed by atoms with E-state index in [1.54, 1.807) is 0 Å². The average Bonchev–Trinajstić information content (AvgIpc) is 3.03. The Balaban J connectivity index is 2.30. The molecule has 0 N–H and O–H groups in total. The van der Waals surface area contributed by atoms with Gasteiger partial charge in [-0.1, -0.05) is 17.7 Å². The van der Waals surface area contributed by atoms with Crippen molar-refractivity contribution < 1.29 is 9.53 Å². The van der Waals surface area contributed by atoms with Crippen LogP contribution < -0.4 is 0 Å². The zero-order chi connectivity index (χ0) is 11.8. The standard InChI is InChI=1S/C12H12BrClO2/c1-2-16-11(15)12(5-6-12)8-3-4-9(13)10(14)7-8/h3-4,7H,2,5-6H2,1H3. The predicted octanol–water partition coefficient (Wildman–Crippen LogP) is 3.70. The topological polar surface area (TPSA) is 26.3 Å². The van der Waals surface area contributed by atoms with Crippen LogP contribution in [0.4, 0.5) is 0 Å². The van der Waals surface area contributed by atoms with E-state index in [9.17, 15) is 4.79 Å². The van der Waals surface area contributed by atoms with Crippen molar-refractivity contribution in [1.82, 2.24) is 0 Å². The average molecular weight is 304 g/mol. The molecular weight excluding hydrogens is 291 g/mol. The fourth-order valence-electron chi connectivity index (χ4n) is 1.80. The van der Waals surface area contributed by atoms with Crippen LogP contribution in [-0.2, 0) is 14.9 Å². The van der Waals surface area contributed by atoms with Crippen LogP contribution in [0.5, 0.6) is 0 Å². The number of esters is 1. The fourth-order valence-corrected chi connectivity index (χ4v) is 2.23. The third kappa shape index (κ3) is 1.98. The quantitative estimate of drug-likeness (QED) is 0.796. The van der Waals surface area contributed by atoms with E-state index < -0.39 is 5.41 Å². The van der Waals surface area contributed by atoms with Crippen LogP contribution in [0.2, 0.25) is 5.02 Å². The van der Waals surface area contributed by atoms with E-state index in [4.69, 9.17) is 16.3 Å². The Kier molecular flexibility index (Phi) is 3.27. The highest BCUT2D eigenvalue weighted by Crippen LogP contribution is 2.50. The fraction of sp³-hybridized carbons (Fsp3) is 0.417. The highest BCUT2D eigenvalue weighted by molar-refractivity contribution is 9.10. The van der Waals surface area contributed by atoms with Gasteiger partial charge in [-0.15, -0.1) is 0 Å². The Morgan fingerprint density at radius 1 is 1.56 bits per heavy atom. The third-order valence-corrected chi connectivity index (χ3v) is 4.12. The summed E-state index contributed by atoms with van der Waals surface area (Å²) in [5.41, 5.74) is 0.527. The maximum Gasteiger partial charge on any atom is 0.316 e. The van der Waals surface area contributed by atoms with Gasteiger partial charge in [-0.25, -0.2) is 0 Å². The summed E-state index contributed by atoms with van der Waals surface area (Å²) in [5.74, 6) is -0.131. The summed E-state index contributed by atoms with van der Waals surface area (Å²) in [7, 11) is 0. The molecule has 0 bridgehead atoms. The first-order chi connectivity index (χ1) is 7.60. The summed E-state index contributed by atoms with van der Waals surface area (Å²) in [6.45, 7) is 2.24. The van der Waals surface area contributed by atoms with Gasteiger partial charge in [0.25, 0.3) is 0 Å². The Morgan fingerprint density at radius 2 is 2.25 bits per heavy atom. The molecule has 86 valence electrons. The second-order valence-corrected chi connectivity index (χ2v) is 5.19. The number of halogens is 2. The van der Waals surface area contributed by atoms with Crippen molar-refractivity contribution in [2.45, 2.75) is 25.2 Å². The van der Waals surface area contributed by atoms with Gasteiger partial charge in [0.15, 0.2) is 0 Å². The molecule has 1 aromatic carbocycles. The summed E-state index contributed by atoms with van der Waals surface area (Å²) >= 11 is 9.37. The highest BCUT2D eigenvalue weighted by atomic mass is 79.9. The van der Waals surface area contributed by atoms with E-state index in [0.717, 1.165) is 22.9 Å². The second-order valence-electron chi connectivity index (χ2n) is 3.93. The molecular formula is C12H12BrClO2. The van der Waals surface area contributed by atoms with Crippen LogP contribution in [0.25, 0.3) is 0 Å². The van der Waals surface area contributed by atoms with Crippen molar-refractivity contribution in [3.63, 3.8) is 0 Å². The zero-order valence-electron chi connectivity index (χ0n) is 8.93. The van der Waals surface area contributed by atoms with E-state index in [1.165, 1.54) is 0 Å². The van der Waals surface area contributed by atoms with Crippen molar-refractivity contribution >= 4 is 33.5 Å². The molecule has 2 nitrogen and oxygen atoms in total. The minimum atomic E-state index is -0.430. The van der Waals surface area contributed by atoms with Gasteiger partial charge in [-0.2, -0.15) is 0 Å². The van der Waals surface area contributed by atoms with Crippen molar-refractivity contribution in [2.24, 2.45) is 0 Å². The summed E-state index contributed by atoms with van der Waals surface area (Å²) < 4.78 is 5.94. The van der Waals surface area contributed by atoms with Gasteiger partial charge in [0.1, 0.15) is 0 Å². The Labute approximate surface area is 108 Å². The SMILES string of the molecule is CCOC(=O)C1(c2ccc(Br)c(Cl)c2)CC1. The van der Waals surface area contributed by atoms with Crippen LogP contribution in [0.1, 0.15) is 25.3 Å². The number of ether oxygens (including phenoxy) is 1. The summed E-state index contributed by atoms with van der Waals surface area (Å²) in [5, 5.41) is 0.632. The van der Waals surface area contributed by atoms with E-state index in [1.807, 2.05) is 25.1 Å². The molecule has 0 unspecified atom stereocenters. The number of hydrogen-bond acceptors (Lipinski definition) is 2. The van der Waals surface area contributed by atoms with Crippen LogP contribution in [0.15, 0.2) is 22.7 Å². The second kappa shape index (κ2) is 4.38. The molecule has 0 aliphatic heterocycles. The number of hydrogen-bond donors (Lipinski definition) is 0. The number of rotatable bonds is 3. The maximum atomic E-state index is 11.8. The molecule has 0 atom stereocenters. The smallest absolute Gasteiger partial charge is 0.316 e. The lowest BCUT2D eigenvalue weighted by Gasteiger charge is -2.14. The monoisotopic (exact) mass is 302 g/mol. The van der Waals surface area contributed by atoms with Gasteiger partial charge in [0.2, 0.25) is 0 Å². The first kappa shape index (κ1) is 11.9. The molecule has 4 heteroatoms. The molecule has 1 fully saturated rings. The van der Waals surface area contributed by atoms with Crippen LogP contribution in [0.3, 0.4) is 0 Å². The zero-order valence-corrected chi connectivity index (χ0v) is 11.3. The van der Waals surface area contributed by atoms with E-state index in [2.05, 4.69) is 15.9 Å². The van der Waals surface area contributed by atoms with Crippen LogP contribution >= 0.6 is 27.5 Å². The molecule has 2 rings (SSSR count). The summed E-state index contributed by atoms with van der Waals surface area (Å²) in [6, 6.07) is 5.65. The molecule has 0 spiro atoms. The normalized spacial score (nSPS) is 16.9. The van der Waals surface area contributed by atoms with Crippen molar-refractivity contribution in [3.8, 4) is 0 Å². The van der Waals surface area contributed by atoms with E-state index >= 15 is 0 Å². The molecule has 0 heterocycles. The third-order valence-electron chi connectivity index (χ3n) is 2.89. The van der Waals surface area contributed by atoms with Crippen LogP contribution in [-0.4, -0.2) is 12.6 Å². The Hall–Kier alpha value is -0.540. The first-order valence-corrected chi connectivity index (χ1v) is 6.40. The molecule has 0 amide bonds. The first-order valence-electron chi connectivity index (χ1n) is 5.23. The van der Waals surface area contributed by atoms with Gasteiger partial charge in [0, 0.05) is 4.47 Å². The highest BCUT2D eigenvalue weighted by Gasteiger charge is 2.52. The number of carbonyl (C=O) groups is 1. The van der Waals surface area contributed by atoms with Crippen LogP contribution in [0, 0.1) is 0 Å². The van der Waals surface area contributed by atoms with Gasteiger partial charge in [-0.05, 0) is 53.4 Å². The molecule has 0 aromatic heterocycles. The van der Waals surface area contributed by atoms with Gasteiger partial charge in [0.05, 0.1) is 17.0 Å². The molecule has 16 heavy (non-hydrogen) atoms. The predicted molar refractivity (Wildman–Crippen MR) is 66.7 cm³/mol. The summed E-state index contributed by atoms with van der Waals surface area (Å²) in [4.78, 5) is 11.8. The number of carbonyl (C=O) groups excluding carboxylic acids is 1. The summed E-state index contributed by atoms with van der Waals surface area (Å²) in [6.07, 6.45) is 1.70. The molecule has 1 aromatic rings. The van der Waals surface area contributed by atoms with Crippen molar-refractivity contribution in [1.29, 1.82) is 0 Å². The molecule has 0 saturated heterocycles. The molecule has 1 aliphatic carbocycles. The molecule has 1 saturated carbocycles. The van der Waals surface area contributed by atoms with Gasteiger partial charge < -0.3 is 4.74 Å². The molecule has 0 radical (unpaired) electrons. The minimum absolute atomic E-state index is 0.131. The lowest BCUT2D eigenvalue weighted by Crippen LogP contribution is -2.23.